The number of amides is 2. The number of carbonyl (C=O) groups excluding carboxylic acids is 2. The fourth-order valence-electron chi connectivity index (χ4n) is 4.33. The Morgan fingerprint density at radius 3 is 2.65 bits per heavy atom. The highest BCUT2D eigenvalue weighted by atomic mass is 32.2. The van der Waals surface area contributed by atoms with Crippen molar-refractivity contribution >= 4 is 57.8 Å². The second-order valence-corrected chi connectivity index (χ2v) is 11.0. The normalized spacial score (nSPS) is 23.9. The summed E-state index contributed by atoms with van der Waals surface area (Å²) in [5, 5.41) is 21.7. The molecule has 1 aromatic rings. The summed E-state index contributed by atoms with van der Waals surface area (Å²) in [5.74, 6) is -0.829. The number of nitrogens with one attached hydrogen (secondary N) is 1. The quantitative estimate of drug-likeness (QED) is 0.364. The van der Waals surface area contributed by atoms with Crippen LogP contribution in [0, 0.1) is 0 Å². The van der Waals surface area contributed by atoms with Gasteiger partial charge in [-0.15, -0.1) is 11.8 Å². The van der Waals surface area contributed by atoms with E-state index in [9.17, 15) is 24.6 Å². The number of aliphatic carboxylic acids is 1. The first-order chi connectivity index (χ1) is 16.2. The lowest BCUT2D eigenvalue weighted by Gasteiger charge is -2.49. The Bertz CT molecular complexity index is 1050. The third kappa shape index (κ3) is 4.64. The highest BCUT2D eigenvalue weighted by Crippen LogP contribution is 2.40. The molecule has 182 valence electrons. The average molecular weight is 523 g/mol. The number of phenolic OH excluding ortho intramolecular Hbond substituents is 1. The van der Waals surface area contributed by atoms with Gasteiger partial charge in [0.1, 0.15) is 33.2 Å². The van der Waals surface area contributed by atoms with Gasteiger partial charge in [-0.3, -0.25) is 19.4 Å². The summed E-state index contributed by atoms with van der Waals surface area (Å²) in [7, 11) is 0. The van der Waals surface area contributed by atoms with E-state index in [1.807, 2.05) is 9.80 Å². The van der Waals surface area contributed by atoms with Gasteiger partial charge in [0.25, 0.3) is 5.91 Å². The number of β-lactam (4-membered cyclic amide) rings is 1. The van der Waals surface area contributed by atoms with Crippen molar-refractivity contribution < 1.29 is 24.6 Å². The molecule has 3 heterocycles. The van der Waals surface area contributed by atoms with Crippen LogP contribution in [0.25, 0.3) is 0 Å². The monoisotopic (exact) mass is 522 g/mol. The number of carbonyl (C=O) groups is 3. The number of hydrogen-bond acceptors (Lipinski definition) is 8. The van der Waals surface area contributed by atoms with Crippen molar-refractivity contribution in [3.8, 4) is 5.75 Å². The Kier molecular flexibility index (Phi) is 7.41. The van der Waals surface area contributed by atoms with E-state index >= 15 is 0 Å². The number of benzene rings is 1. The van der Waals surface area contributed by atoms with Gasteiger partial charge in [-0.2, -0.15) is 0 Å². The molecule has 12 heteroatoms. The summed E-state index contributed by atoms with van der Waals surface area (Å²) in [4.78, 5) is 43.4. The molecular weight excluding hydrogens is 496 g/mol. The van der Waals surface area contributed by atoms with Crippen molar-refractivity contribution in [3.05, 3.63) is 41.1 Å². The highest BCUT2D eigenvalue weighted by molar-refractivity contribution is 8.22. The molecule has 4 rings (SSSR count). The molecule has 0 aromatic heterocycles. The lowest BCUT2D eigenvalue weighted by atomic mass is 10.0. The molecule has 0 saturated carbocycles. The van der Waals surface area contributed by atoms with E-state index in [-0.39, 0.29) is 17.4 Å². The average Bonchev–Trinajstić information content (AvgIpc) is 2.80. The first kappa shape index (κ1) is 24.8. The molecule has 3 atom stereocenters. The van der Waals surface area contributed by atoms with Gasteiger partial charge in [0.2, 0.25) is 5.91 Å². The predicted octanol–water partition coefficient (Wildman–Crippen LogP) is 2.15. The third-order valence-corrected chi connectivity index (χ3v) is 8.94. The lowest BCUT2D eigenvalue weighted by molar-refractivity contribution is -0.151. The van der Waals surface area contributed by atoms with Crippen LogP contribution in [0.5, 0.6) is 5.75 Å². The Balaban J connectivity index is 1.56. The number of nitrogens with zero attached hydrogens (tertiary/aromatic N) is 3. The number of rotatable bonds is 7. The van der Waals surface area contributed by atoms with Gasteiger partial charge in [-0.05, 0) is 36.6 Å². The molecule has 3 aliphatic heterocycles. The fourth-order valence-corrected chi connectivity index (χ4v) is 6.77. The maximum Gasteiger partial charge on any atom is 0.352 e. The van der Waals surface area contributed by atoms with Gasteiger partial charge in [0, 0.05) is 12.3 Å². The SMILES string of the molecule is CCCN1CN([C@@H](C(=O)N[C@H]2C(=O)N3C(C(=O)O)=C(C)CS[C@H]23)c2ccc(O)cc2)CSC1=S. The number of thiocarbonyl (C=S) groups is 1. The zero-order valence-corrected chi connectivity index (χ0v) is 21.2. The predicted molar refractivity (Wildman–Crippen MR) is 135 cm³/mol. The van der Waals surface area contributed by atoms with Crippen LogP contribution in [0.2, 0.25) is 0 Å². The minimum Gasteiger partial charge on any atom is -0.508 e. The van der Waals surface area contributed by atoms with Gasteiger partial charge in [0.05, 0.1) is 12.5 Å². The largest absolute Gasteiger partial charge is 0.508 e. The van der Waals surface area contributed by atoms with Crippen LogP contribution in [0.4, 0.5) is 0 Å². The van der Waals surface area contributed by atoms with E-state index in [1.54, 1.807) is 19.1 Å². The van der Waals surface area contributed by atoms with Crippen LogP contribution >= 0.6 is 35.7 Å². The summed E-state index contributed by atoms with van der Waals surface area (Å²) in [6, 6.07) is 4.94. The minimum atomic E-state index is -1.14. The van der Waals surface area contributed by atoms with Crippen molar-refractivity contribution in [2.45, 2.75) is 37.7 Å². The molecule has 3 N–H and O–H groups in total. The van der Waals surface area contributed by atoms with Gasteiger partial charge in [-0.1, -0.05) is 43.0 Å². The standard InChI is InChI=1S/C22H26N4O5S3/c1-3-8-24-10-25(11-34-22(24)32)17(13-4-6-14(27)7-5-13)18(28)23-15-19(29)26-16(21(30)31)12(2)9-33-20(15)26/h4-7,15,17,20,27H,3,8-11H2,1-2H3,(H,23,28)(H,30,31)/t15-,17+,20+/m0/s1. The summed E-state index contributed by atoms with van der Waals surface area (Å²) in [6.07, 6.45) is 0.911. The Morgan fingerprint density at radius 1 is 1.29 bits per heavy atom. The Hall–Kier alpha value is -2.28. The number of thioether (sulfide) groups is 2. The van der Waals surface area contributed by atoms with E-state index in [0.29, 0.717) is 29.4 Å². The van der Waals surface area contributed by atoms with E-state index in [4.69, 9.17) is 12.2 Å². The van der Waals surface area contributed by atoms with Gasteiger partial charge >= 0.3 is 5.97 Å². The van der Waals surface area contributed by atoms with Crippen LogP contribution in [0.15, 0.2) is 35.5 Å². The van der Waals surface area contributed by atoms with E-state index in [0.717, 1.165) is 17.3 Å². The molecule has 3 aliphatic rings. The van der Waals surface area contributed by atoms with E-state index in [1.165, 1.54) is 40.6 Å². The molecule has 1 aromatic carbocycles. The number of hydrogen-bond donors (Lipinski definition) is 3. The number of fused-ring (bicyclic) bond motifs is 1. The molecule has 9 nitrogen and oxygen atoms in total. The Morgan fingerprint density at radius 2 is 2.00 bits per heavy atom. The topological polar surface area (TPSA) is 113 Å². The zero-order valence-electron chi connectivity index (χ0n) is 18.8. The van der Waals surface area contributed by atoms with Crippen LogP contribution in [-0.2, 0) is 14.4 Å². The molecular formula is C22H26N4O5S3. The van der Waals surface area contributed by atoms with Gasteiger partial charge in [0.15, 0.2) is 0 Å². The van der Waals surface area contributed by atoms with Crippen molar-refractivity contribution in [1.29, 1.82) is 0 Å². The maximum absolute atomic E-state index is 13.6. The number of phenols is 1. The van der Waals surface area contributed by atoms with Crippen LogP contribution in [0.1, 0.15) is 31.9 Å². The van der Waals surface area contributed by atoms with Crippen molar-refractivity contribution in [2.24, 2.45) is 0 Å². The molecule has 0 unspecified atom stereocenters. The number of carboxylic acids is 1. The summed E-state index contributed by atoms with van der Waals surface area (Å²) in [6.45, 7) is 5.00. The number of aromatic hydroxyl groups is 1. The van der Waals surface area contributed by atoms with Crippen molar-refractivity contribution in [3.63, 3.8) is 0 Å². The number of carboxylic acid groups (broad SMARTS) is 1. The van der Waals surface area contributed by atoms with Gasteiger partial charge < -0.3 is 20.4 Å². The highest BCUT2D eigenvalue weighted by Gasteiger charge is 2.54. The smallest absolute Gasteiger partial charge is 0.352 e. The van der Waals surface area contributed by atoms with Crippen LogP contribution in [-0.4, -0.2) is 83.3 Å². The molecule has 0 aliphatic carbocycles. The second kappa shape index (κ2) is 10.1. The molecule has 2 amide bonds. The molecule has 34 heavy (non-hydrogen) atoms. The molecule has 0 spiro atoms. The first-order valence-electron chi connectivity index (χ1n) is 10.9. The zero-order chi connectivity index (χ0) is 24.6. The second-order valence-electron chi connectivity index (χ2n) is 8.36. The van der Waals surface area contributed by atoms with Crippen LogP contribution < -0.4 is 5.32 Å². The molecule has 0 bridgehead atoms. The van der Waals surface area contributed by atoms with Crippen molar-refractivity contribution in [2.75, 3.05) is 24.8 Å². The first-order valence-corrected chi connectivity index (χ1v) is 13.3. The van der Waals surface area contributed by atoms with Crippen LogP contribution in [0.3, 0.4) is 0 Å². The Labute approximate surface area is 211 Å². The maximum atomic E-state index is 13.6. The lowest BCUT2D eigenvalue weighted by Crippen LogP contribution is -2.71. The van der Waals surface area contributed by atoms with E-state index in [2.05, 4.69) is 12.2 Å². The fraction of sp³-hybridized carbons (Fsp3) is 0.455. The molecule has 2 saturated heterocycles. The summed E-state index contributed by atoms with van der Waals surface area (Å²) >= 11 is 8.40. The van der Waals surface area contributed by atoms with Crippen molar-refractivity contribution in [1.82, 2.24) is 20.0 Å². The minimum absolute atomic E-state index is 0.00508. The third-order valence-electron chi connectivity index (χ3n) is 5.94. The van der Waals surface area contributed by atoms with E-state index < -0.39 is 29.3 Å². The van der Waals surface area contributed by atoms with Gasteiger partial charge in [-0.25, -0.2) is 4.79 Å². The summed E-state index contributed by atoms with van der Waals surface area (Å²) in [5.41, 5.74) is 1.32. The summed E-state index contributed by atoms with van der Waals surface area (Å²) < 4.78 is 0.787. The molecule has 2 fully saturated rings. The molecule has 0 radical (unpaired) electrons.